The molecule has 0 spiro atoms. The molecule has 7 nitrogen and oxygen atoms in total. The van der Waals surface area contributed by atoms with E-state index >= 15 is 0 Å². The summed E-state index contributed by atoms with van der Waals surface area (Å²) in [4.78, 5) is 34.2. The van der Waals surface area contributed by atoms with Crippen molar-refractivity contribution in [2.75, 3.05) is 13.1 Å². The third-order valence-electron chi connectivity index (χ3n) is 5.46. The molecule has 1 N–H and O–H groups in total. The topological polar surface area (TPSA) is 83.9 Å². The van der Waals surface area contributed by atoms with Crippen LogP contribution in [0.1, 0.15) is 34.7 Å². The summed E-state index contributed by atoms with van der Waals surface area (Å²) < 4.78 is 1.72. The van der Waals surface area contributed by atoms with Gasteiger partial charge in [-0.1, -0.05) is 0 Å². The minimum Gasteiger partial charge on any atom is -0.339 e. The summed E-state index contributed by atoms with van der Waals surface area (Å²) in [6, 6.07) is 3.52. The zero-order valence-corrected chi connectivity index (χ0v) is 16.8. The van der Waals surface area contributed by atoms with Gasteiger partial charge in [0, 0.05) is 49.3 Å². The Kier molecular flexibility index (Phi) is 5.13. The molecule has 28 heavy (non-hydrogen) atoms. The molecule has 1 saturated heterocycles. The minimum absolute atomic E-state index is 0.0510. The molecule has 8 heteroatoms. The summed E-state index contributed by atoms with van der Waals surface area (Å²) in [6.07, 6.45) is 4.17. The lowest BCUT2D eigenvalue weighted by atomic mass is 9.93. The first kappa shape index (κ1) is 18.6. The highest BCUT2D eigenvalue weighted by atomic mass is 32.1. The first-order valence-corrected chi connectivity index (χ1v) is 10.4. The smallest absolute Gasteiger partial charge is 0.257 e. The lowest BCUT2D eigenvalue weighted by molar-refractivity contribution is 0.0689. The normalized spacial score (nSPS) is 15.1. The van der Waals surface area contributed by atoms with Gasteiger partial charge in [0.2, 0.25) is 0 Å². The van der Waals surface area contributed by atoms with Gasteiger partial charge in [0.15, 0.2) is 0 Å². The van der Waals surface area contributed by atoms with Crippen molar-refractivity contribution in [2.24, 2.45) is 13.0 Å². The van der Waals surface area contributed by atoms with Gasteiger partial charge in [-0.25, -0.2) is 4.98 Å². The van der Waals surface area contributed by atoms with Crippen LogP contribution in [0, 0.1) is 12.8 Å². The van der Waals surface area contributed by atoms with Crippen LogP contribution >= 0.6 is 11.3 Å². The van der Waals surface area contributed by atoms with Crippen LogP contribution in [0.25, 0.3) is 11.3 Å². The van der Waals surface area contributed by atoms with Crippen molar-refractivity contribution in [3.63, 3.8) is 0 Å². The fraction of sp³-hybridized carbons (Fsp3) is 0.400. The molecule has 0 atom stereocenters. The van der Waals surface area contributed by atoms with Crippen molar-refractivity contribution in [3.05, 3.63) is 56.5 Å². The maximum Gasteiger partial charge on any atom is 0.257 e. The van der Waals surface area contributed by atoms with Gasteiger partial charge in [-0.2, -0.15) is 16.4 Å². The molecule has 0 radical (unpaired) electrons. The molecule has 1 aliphatic heterocycles. The van der Waals surface area contributed by atoms with Gasteiger partial charge in [-0.05, 0) is 37.1 Å². The van der Waals surface area contributed by atoms with Crippen molar-refractivity contribution in [1.82, 2.24) is 24.6 Å². The number of carbonyl (C=O) groups excluding carboxylic acids is 1. The van der Waals surface area contributed by atoms with Crippen molar-refractivity contribution >= 4 is 17.2 Å². The van der Waals surface area contributed by atoms with Gasteiger partial charge in [-0.15, -0.1) is 0 Å². The molecule has 0 aromatic carbocycles. The number of hydrogen-bond donors (Lipinski definition) is 1. The Hall–Kier alpha value is -2.74. The molecule has 0 aliphatic carbocycles. The second-order valence-corrected chi connectivity index (χ2v) is 8.08. The van der Waals surface area contributed by atoms with E-state index in [4.69, 9.17) is 0 Å². The van der Waals surface area contributed by atoms with E-state index in [1.165, 1.54) is 0 Å². The van der Waals surface area contributed by atoms with Crippen LogP contribution in [-0.4, -0.2) is 43.6 Å². The van der Waals surface area contributed by atoms with Gasteiger partial charge in [0.05, 0.1) is 17.5 Å². The zero-order chi connectivity index (χ0) is 19.7. The number of aromatic nitrogens is 4. The Morgan fingerprint density at radius 3 is 2.79 bits per heavy atom. The zero-order valence-electron chi connectivity index (χ0n) is 16.0. The standard InChI is InChI=1S/C20H23N5O2S/c1-13-16(11-21-24(13)2)20(27)25-6-3-14(4-7-25)9-18-22-17(10-19(26)23-18)15-5-8-28-12-15/h5,8,10-12,14H,3-4,6-7,9H2,1-2H3,(H,22,23,26). The fourth-order valence-corrected chi connectivity index (χ4v) is 4.31. The number of amides is 1. The van der Waals surface area contributed by atoms with Crippen LogP contribution in [0.5, 0.6) is 0 Å². The molecule has 0 saturated carbocycles. The number of nitrogens with one attached hydrogen (secondary N) is 1. The second kappa shape index (κ2) is 7.71. The monoisotopic (exact) mass is 397 g/mol. The Bertz CT molecular complexity index is 1030. The highest BCUT2D eigenvalue weighted by Crippen LogP contribution is 2.24. The van der Waals surface area contributed by atoms with Crippen molar-refractivity contribution < 1.29 is 4.79 Å². The van der Waals surface area contributed by atoms with Crippen molar-refractivity contribution in [1.29, 1.82) is 0 Å². The molecular formula is C20H23N5O2S. The van der Waals surface area contributed by atoms with Crippen molar-refractivity contribution in [3.8, 4) is 11.3 Å². The molecule has 3 aromatic heterocycles. The first-order valence-electron chi connectivity index (χ1n) is 9.42. The van der Waals surface area contributed by atoms with E-state index in [0.29, 0.717) is 24.6 Å². The van der Waals surface area contributed by atoms with Crippen molar-refractivity contribution in [2.45, 2.75) is 26.2 Å². The molecule has 4 rings (SSSR count). The number of aryl methyl sites for hydroxylation is 1. The highest BCUT2D eigenvalue weighted by molar-refractivity contribution is 7.08. The van der Waals surface area contributed by atoms with Crippen LogP contribution in [-0.2, 0) is 13.5 Å². The van der Waals surface area contributed by atoms with Crippen LogP contribution in [0.2, 0.25) is 0 Å². The van der Waals surface area contributed by atoms with Crippen LogP contribution in [0.15, 0.2) is 33.9 Å². The summed E-state index contributed by atoms with van der Waals surface area (Å²) in [5.74, 6) is 1.18. The fourth-order valence-electron chi connectivity index (χ4n) is 3.66. The maximum absolute atomic E-state index is 12.7. The van der Waals surface area contributed by atoms with E-state index < -0.39 is 0 Å². The minimum atomic E-state index is -0.120. The van der Waals surface area contributed by atoms with Gasteiger partial charge in [0.25, 0.3) is 11.5 Å². The number of carbonyl (C=O) groups is 1. The van der Waals surface area contributed by atoms with E-state index in [0.717, 1.165) is 42.0 Å². The Morgan fingerprint density at radius 1 is 1.36 bits per heavy atom. The molecule has 1 amide bonds. The number of thiophene rings is 1. The Balaban J connectivity index is 1.40. The number of hydrogen-bond acceptors (Lipinski definition) is 5. The van der Waals surface area contributed by atoms with Gasteiger partial charge < -0.3 is 9.88 Å². The van der Waals surface area contributed by atoms with Gasteiger partial charge >= 0.3 is 0 Å². The van der Waals surface area contributed by atoms with E-state index in [1.54, 1.807) is 28.3 Å². The molecule has 146 valence electrons. The molecule has 3 aromatic rings. The molecule has 1 aliphatic rings. The van der Waals surface area contributed by atoms with Crippen LogP contribution in [0.4, 0.5) is 0 Å². The molecule has 1 fully saturated rings. The number of nitrogens with zero attached hydrogens (tertiary/aromatic N) is 4. The third-order valence-corrected chi connectivity index (χ3v) is 6.14. The Labute approximate surface area is 167 Å². The summed E-state index contributed by atoms with van der Waals surface area (Å²) in [5.41, 5.74) is 3.14. The third kappa shape index (κ3) is 3.77. The summed E-state index contributed by atoms with van der Waals surface area (Å²) in [5, 5.41) is 8.15. The maximum atomic E-state index is 12.7. The number of likely N-dealkylation sites (tertiary alicyclic amines) is 1. The van der Waals surface area contributed by atoms with E-state index in [9.17, 15) is 9.59 Å². The van der Waals surface area contributed by atoms with E-state index in [1.807, 2.05) is 35.7 Å². The average molecular weight is 398 g/mol. The van der Waals surface area contributed by atoms with E-state index in [2.05, 4.69) is 15.1 Å². The van der Waals surface area contributed by atoms with Gasteiger partial charge in [0.1, 0.15) is 5.82 Å². The number of piperidine rings is 1. The van der Waals surface area contributed by atoms with Crippen LogP contribution < -0.4 is 5.56 Å². The summed E-state index contributed by atoms with van der Waals surface area (Å²) in [7, 11) is 1.84. The molecular weight excluding hydrogens is 374 g/mol. The summed E-state index contributed by atoms with van der Waals surface area (Å²) in [6.45, 7) is 3.34. The number of rotatable bonds is 4. The predicted molar refractivity (Wildman–Crippen MR) is 108 cm³/mol. The number of H-pyrrole nitrogens is 1. The van der Waals surface area contributed by atoms with Gasteiger partial charge in [-0.3, -0.25) is 14.3 Å². The highest BCUT2D eigenvalue weighted by Gasteiger charge is 2.26. The molecule has 4 heterocycles. The number of aromatic amines is 1. The first-order chi connectivity index (χ1) is 13.5. The quantitative estimate of drug-likeness (QED) is 0.734. The van der Waals surface area contributed by atoms with E-state index in [-0.39, 0.29) is 11.5 Å². The SMILES string of the molecule is Cc1c(C(=O)N2CCC(Cc3nc(-c4ccsc4)cc(=O)[nH]3)CC2)cnn1C. The molecule has 0 bridgehead atoms. The Morgan fingerprint density at radius 2 is 2.14 bits per heavy atom. The summed E-state index contributed by atoms with van der Waals surface area (Å²) >= 11 is 1.59. The average Bonchev–Trinajstić information content (AvgIpc) is 3.33. The largest absolute Gasteiger partial charge is 0.339 e. The lowest BCUT2D eigenvalue weighted by Crippen LogP contribution is -2.39. The van der Waals surface area contributed by atoms with Crippen LogP contribution in [0.3, 0.4) is 0 Å². The lowest BCUT2D eigenvalue weighted by Gasteiger charge is -2.31. The molecule has 0 unspecified atom stereocenters. The second-order valence-electron chi connectivity index (χ2n) is 7.30. The predicted octanol–water partition coefficient (Wildman–Crippen LogP) is 2.64.